The number of carbonyl (C=O) groups excluding carboxylic acids is 1. The summed E-state index contributed by atoms with van der Waals surface area (Å²) in [7, 11) is 0. The smallest absolute Gasteiger partial charge is 0.225 e. The van der Waals surface area contributed by atoms with Gasteiger partial charge in [-0.15, -0.1) is 0 Å². The minimum Gasteiger partial charge on any atom is -0.494 e. The van der Waals surface area contributed by atoms with Crippen LogP contribution in [0.4, 0.5) is 5.69 Å². The lowest BCUT2D eigenvalue weighted by molar-refractivity contribution is -0.116. The van der Waals surface area contributed by atoms with Gasteiger partial charge in [-0.3, -0.25) is 9.69 Å². The average Bonchev–Trinajstić information content (AvgIpc) is 2.61. The minimum absolute atomic E-state index is 0.0304. The van der Waals surface area contributed by atoms with Crippen molar-refractivity contribution in [3.8, 4) is 5.75 Å². The first kappa shape index (κ1) is 19.0. The fourth-order valence-corrected chi connectivity index (χ4v) is 2.61. The Morgan fingerprint density at radius 1 is 1.08 bits per heavy atom. The van der Waals surface area contributed by atoms with E-state index in [1.54, 1.807) is 0 Å². The molecule has 0 heterocycles. The third-order valence-electron chi connectivity index (χ3n) is 4.03. The zero-order valence-electron chi connectivity index (χ0n) is 15.4. The summed E-state index contributed by atoms with van der Waals surface area (Å²) in [5.74, 6) is 0.845. The van der Waals surface area contributed by atoms with Crippen LogP contribution in [0.2, 0.25) is 0 Å². The molecule has 25 heavy (non-hydrogen) atoms. The fourth-order valence-electron chi connectivity index (χ4n) is 2.61. The Hall–Kier alpha value is -2.33. The Bertz CT molecular complexity index is 639. The second kappa shape index (κ2) is 9.84. The summed E-state index contributed by atoms with van der Waals surface area (Å²) in [6.07, 6.45) is 0.470. The normalized spacial score (nSPS) is 10.9. The van der Waals surface area contributed by atoms with Gasteiger partial charge in [0, 0.05) is 31.2 Å². The second-order valence-corrected chi connectivity index (χ2v) is 6.31. The Kier molecular flexibility index (Phi) is 7.48. The molecule has 0 aliphatic carbocycles. The summed E-state index contributed by atoms with van der Waals surface area (Å²) >= 11 is 0. The quantitative estimate of drug-likeness (QED) is 0.739. The maximum Gasteiger partial charge on any atom is 0.225 e. The molecule has 1 N–H and O–H groups in total. The third kappa shape index (κ3) is 6.59. The summed E-state index contributed by atoms with van der Waals surface area (Å²) in [6, 6.07) is 18.2. The molecule has 0 aliphatic rings. The molecule has 0 aromatic heterocycles. The van der Waals surface area contributed by atoms with E-state index in [4.69, 9.17) is 4.74 Å². The van der Waals surface area contributed by atoms with Crippen LogP contribution < -0.4 is 10.1 Å². The zero-order valence-corrected chi connectivity index (χ0v) is 15.4. The number of anilines is 1. The summed E-state index contributed by atoms with van der Waals surface area (Å²) in [4.78, 5) is 14.5. The van der Waals surface area contributed by atoms with E-state index in [0.717, 1.165) is 24.5 Å². The van der Waals surface area contributed by atoms with Crippen LogP contribution in [0.25, 0.3) is 0 Å². The number of hydrogen-bond donors (Lipinski definition) is 1. The lowest BCUT2D eigenvalue weighted by Gasteiger charge is -2.26. The SMILES string of the molecule is CCOc1ccc(NC(=O)CCN(Cc2ccccc2)C(C)C)cc1. The van der Waals surface area contributed by atoms with Gasteiger partial charge >= 0.3 is 0 Å². The standard InChI is InChI=1S/C21H28N2O2/c1-4-25-20-12-10-19(11-13-20)22-21(24)14-15-23(17(2)3)16-18-8-6-5-7-9-18/h5-13,17H,4,14-16H2,1-3H3,(H,22,24). The molecule has 0 unspecified atom stereocenters. The number of amides is 1. The van der Waals surface area contributed by atoms with Crippen molar-refractivity contribution in [2.24, 2.45) is 0 Å². The molecule has 0 aliphatic heterocycles. The van der Waals surface area contributed by atoms with Crippen LogP contribution in [0.3, 0.4) is 0 Å². The maximum atomic E-state index is 12.2. The van der Waals surface area contributed by atoms with Gasteiger partial charge in [0.2, 0.25) is 5.91 Å². The van der Waals surface area contributed by atoms with Gasteiger partial charge in [-0.05, 0) is 50.6 Å². The van der Waals surface area contributed by atoms with E-state index in [9.17, 15) is 4.79 Å². The van der Waals surface area contributed by atoms with Gasteiger partial charge in [0.1, 0.15) is 5.75 Å². The Balaban J connectivity index is 1.84. The third-order valence-corrected chi connectivity index (χ3v) is 4.03. The highest BCUT2D eigenvalue weighted by atomic mass is 16.5. The van der Waals surface area contributed by atoms with Crippen molar-refractivity contribution < 1.29 is 9.53 Å². The number of benzene rings is 2. The molecule has 0 spiro atoms. The monoisotopic (exact) mass is 340 g/mol. The van der Waals surface area contributed by atoms with Crippen molar-refractivity contribution in [3.63, 3.8) is 0 Å². The van der Waals surface area contributed by atoms with Crippen LogP contribution in [0.15, 0.2) is 54.6 Å². The predicted octanol–water partition coefficient (Wildman–Crippen LogP) is 4.32. The van der Waals surface area contributed by atoms with Gasteiger partial charge in [-0.25, -0.2) is 0 Å². The summed E-state index contributed by atoms with van der Waals surface area (Å²) in [6.45, 7) is 8.49. The maximum absolute atomic E-state index is 12.2. The van der Waals surface area contributed by atoms with Crippen molar-refractivity contribution in [3.05, 3.63) is 60.2 Å². The molecule has 1 amide bonds. The molecular formula is C21H28N2O2. The Labute approximate surface area is 150 Å². The van der Waals surface area contributed by atoms with E-state index < -0.39 is 0 Å². The largest absolute Gasteiger partial charge is 0.494 e. The molecule has 0 atom stereocenters. The van der Waals surface area contributed by atoms with Crippen LogP contribution in [-0.4, -0.2) is 30.0 Å². The van der Waals surface area contributed by atoms with Gasteiger partial charge in [0.25, 0.3) is 0 Å². The molecule has 2 aromatic carbocycles. The summed E-state index contributed by atoms with van der Waals surface area (Å²) in [5, 5.41) is 2.95. The molecule has 134 valence electrons. The molecule has 2 aromatic rings. The van der Waals surface area contributed by atoms with Gasteiger partial charge in [0.15, 0.2) is 0 Å². The van der Waals surface area contributed by atoms with Crippen LogP contribution in [-0.2, 0) is 11.3 Å². The number of nitrogens with zero attached hydrogens (tertiary/aromatic N) is 1. The molecular weight excluding hydrogens is 312 g/mol. The molecule has 0 fully saturated rings. The van der Waals surface area contributed by atoms with Crippen LogP contribution in [0.1, 0.15) is 32.8 Å². The highest BCUT2D eigenvalue weighted by Gasteiger charge is 2.12. The lowest BCUT2D eigenvalue weighted by Crippen LogP contribution is -2.33. The highest BCUT2D eigenvalue weighted by Crippen LogP contribution is 2.16. The highest BCUT2D eigenvalue weighted by molar-refractivity contribution is 5.90. The van der Waals surface area contributed by atoms with Gasteiger partial charge in [-0.1, -0.05) is 30.3 Å². The number of hydrogen-bond acceptors (Lipinski definition) is 3. The van der Waals surface area contributed by atoms with E-state index in [1.165, 1.54) is 5.56 Å². The van der Waals surface area contributed by atoms with Gasteiger partial charge < -0.3 is 10.1 Å². The molecule has 0 saturated carbocycles. The Morgan fingerprint density at radius 2 is 1.76 bits per heavy atom. The van der Waals surface area contributed by atoms with Crippen LogP contribution in [0.5, 0.6) is 5.75 Å². The fraction of sp³-hybridized carbons (Fsp3) is 0.381. The molecule has 0 bridgehead atoms. The van der Waals surface area contributed by atoms with Crippen molar-refractivity contribution in [2.75, 3.05) is 18.5 Å². The van der Waals surface area contributed by atoms with E-state index in [2.05, 4.69) is 36.2 Å². The zero-order chi connectivity index (χ0) is 18.1. The summed E-state index contributed by atoms with van der Waals surface area (Å²) < 4.78 is 5.41. The first-order valence-corrected chi connectivity index (χ1v) is 8.89. The first-order chi connectivity index (χ1) is 12.1. The average molecular weight is 340 g/mol. The molecule has 4 nitrogen and oxygen atoms in total. The number of carbonyl (C=O) groups is 1. The van der Waals surface area contributed by atoms with E-state index in [-0.39, 0.29) is 5.91 Å². The predicted molar refractivity (Wildman–Crippen MR) is 103 cm³/mol. The van der Waals surface area contributed by atoms with E-state index >= 15 is 0 Å². The van der Waals surface area contributed by atoms with Crippen molar-refractivity contribution in [1.29, 1.82) is 0 Å². The number of rotatable bonds is 9. The minimum atomic E-state index is 0.0304. The van der Waals surface area contributed by atoms with Gasteiger partial charge in [0.05, 0.1) is 6.61 Å². The summed E-state index contributed by atoms with van der Waals surface area (Å²) in [5.41, 5.74) is 2.07. The Morgan fingerprint density at radius 3 is 2.36 bits per heavy atom. The first-order valence-electron chi connectivity index (χ1n) is 8.89. The number of nitrogens with one attached hydrogen (secondary N) is 1. The molecule has 2 rings (SSSR count). The topological polar surface area (TPSA) is 41.6 Å². The van der Waals surface area contributed by atoms with Crippen molar-refractivity contribution in [2.45, 2.75) is 39.8 Å². The van der Waals surface area contributed by atoms with Crippen molar-refractivity contribution in [1.82, 2.24) is 4.90 Å². The van der Waals surface area contributed by atoms with Crippen molar-refractivity contribution >= 4 is 11.6 Å². The molecule has 4 heteroatoms. The van der Waals surface area contributed by atoms with E-state index in [1.807, 2.05) is 49.4 Å². The second-order valence-electron chi connectivity index (χ2n) is 6.31. The van der Waals surface area contributed by atoms with Gasteiger partial charge in [-0.2, -0.15) is 0 Å². The molecule has 0 radical (unpaired) electrons. The number of ether oxygens (including phenoxy) is 1. The molecule has 0 saturated heterocycles. The lowest BCUT2D eigenvalue weighted by atomic mass is 10.2. The van der Waals surface area contributed by atoms with E-state index in [0.29, 0.717) is 19.1 Å². The van der Waals surface area contributed by atoms with Crippen LogP contribution in [0, 0.1) is 0 Å². The van der Waals surface area contributed by atoms with Crippen LogP contribution >= 0.6 is 0 Å².